The molecule has 2 aromatic rings. The van der Waals surface area contributed by atoms with Crippen LogP contribution in [0.1, 0.15) is 43.4 Å². The van der Waals surface area contributed by atoms with Gasteiger partial charge in [-0.3, -0.25) is 0 Å². The first-order valence-corrected chi connectivity index (χ1v) is 10.8. The highest BCUT2D eigenvalue weighted by Crippen LogP contribution is 2.30. The molecule has 1 aliphatic rings. The average molecular weight is 366 g/mol. The maximum atomic E-state index is 4.54. The molecular weight excluding hydrogens is 342 g/mol. The zero-order valence-electron chi connectivity index (χ0n) is 13.7. The van der Waals surface area contributed by atoms with Crippen molar-refractivity contribution < 1.29 is 0 Å². The van der Waals surface area contributed by atoms with Crippen LogP contribution in [0, 0.1) is 0 Å². The third-order valence-corrected chi connectivity index (χ3v) is 6.63. The Morgan fingerprint density at radius 3 is 3.09 bits per heavy atom. The van der Waals surface area contributed by atoms with Gasteiger partial charge in [-0.15, -0.1) is 11.8 Å². The molecule has 0 saturated carbocycles. The van der Waals surface area contributed by atoms with Crippen molar-refractivity contribution in [2.24, 2.45) is 0 Å². The molecule has 124 valence electrons. The lowest BCUT2D eigenvalue weighted by atomic mass is 10.00. The summed E-state index contributed by atoms with van der Waals surface area (Å²) in [6, 6.07) is 2.25. The van der Waals surface area contributed by atoms with E-state index in [4.69, 9.17) is 0 Å². The summed E-state index contributed by atoms with van der Waals surface area (Å²) in [5.41, 5.74) is 3.95. The molecule has 0 aromatic carbocycles. The van der Waals surface area contributed by atoms with E-state index >= 15 is 0 Å². The van der Waals surface area contributed by atoms with Crippen LogP contribution in [0.15, 0.2) is 27.9 Å². The summed E-state index contributed by atoms with van der Waals surface area (Å²) in [6.45, 7) is 4.46. The van der Waals surface area contributed by atoms with Crippen molar-refractivity contribution in [3.63, 3.8) is 0 Å². The first-order chi connectivity index (χ1) is 11.2. The molecule has 0 N–H and O–H groups in total. The number of rotatable bonds is 7. The van der Waals surface area contributed by atoms with E-state index in [1.807, 2.05) is 11.8 Å². The van der Waals surface area contributed by atoms with E-state index < -0.39 is 0 Å². The molecule has 3 nitrogen and oxygen atoms in total. The lowest BCUT2D eigenvalue weighted by molar-refractivity contribution is 0.372. The maximum absolute atomic E-state index is 4.54. The summed E-state index contributed by atoms with van der Waals surface area (Å²) in [7, 11) is 2.17. The number of thiophene rings is 1. The summed E-state index contributed by atoms with van der Waals surface area (Å²) >= 11 is 5.00. The molecule has 2 aromatic heterocycles. The van der Waals surface area contributed by atoms with Gasteiger partial charge in [0.25, 0.3) is 0 Å². The SMILES string of the molecule is CC(CCCSc1nsnc1C1=CCCN(C)C1)c1ccsc1. The van der Waals surface area contributed by atoms with Gasteiger partial charge in [-0.2, -0.15) is 20.1 Å². The molecular formula is C17H23N3S3. The minimum Gasteiger partial charge on any atom is -0.302 e. The van der Waals surface area contributed by atoms with Gasteiger partial charge in [0.1, 0.15) is 10.7 Å². The predicted molar refractivity (Wildman–Crippen MR) is 103 cm³/mol. The Balaban J connectivity index is 1.50. The largest absolute Gasteiger partial charge is 0.302 e. The van der Waals surface area contributed by atoms with Gasteiger partial charge in [-0.05, 0) is 65.9 Å². The fourth-order valence-corrected chi connectivity index (χ4v) is 5.27. The van der Waals surface area contributed by atoms with E-state index in [2.05, 4.69) is 50.5 Å². The summed E-state index contributed by atoms with van der Waals surface area (Å²) < 4.78 is 9.06. The van der Waals surface area contributed by atoms with Crippen molar-refractivity contribution in [3.05, 3.63) is 34.2 Å². The van der Waals surface area contributed by atoms with E-state index in [0.717, 1.165) is 36.0 Å². The standard InChI is InChI=1S/C17H23N3S3/c1-13(15-7-10-21-12-15)5-4-9-22-17-16(18-23-19-17)14-6-3-8-20(2)11-14/h6-7,10,12-13H,3-5,8-9,11H2,1-2H3. The van der Waals surface area contributed by atoms with Crippen molar-refractivity contribution >= 4 is 40.4 Å². The molecule has 0 aliphatic carbocycles. The summed E-state index contributed by atoms with van der Waals surface area (Å²) in [5.74, 6) is 1.78. The second-order valence-corrected chi connectivity index (χ2v) is 8.51. The van der Waals surface area contributed by atoms with Gasteiger partial charge < -0.3 is 4.90 Å². The van der Waals surface area contributed by atoms with Crippen LogP contribution in [0.3, 0.4) is 0 Å². The van der Waals surface area contributed by atoms with Crippen LogP contribution >= 0.6 is 34.8 Å². The minimum absolute atomic E-state index is 0.657. The lowest BCUT2D eigenvalue weighted by Gasteiger charge is -2.22. The van der Waals surface area contributed by atoms with Crippen LogP contribution in [0.25, 0.3) is 5.57 Å². The molecule has 3 rings (SSSR count). The first kappa shape index (κ1) is 17.1. The highest BCUT2D eigenvalue weighted by Gasteiger charge is 2.17. The molecule has 23 heavy (non-hydrogen) atoms. The van der Waals surface area contributed by atoms with Crippen molar-refractivity contribution in [3.8, 4) is 0 Å². The van der Waals surface area contributed by atoms with Gasteiger partial charge in [0.05, 0.1) is 11.7 Å². The molecule has 0 amide bonds. The zero-order valence-corrected chi connectivity index (χ0v) is 16.1. The molecule has 1 aliphatic heterocycles. The monoisotopic (exact) mass is 365 g/mol. The Kier molecular flexibility index (Phi) is 6.28. The minimum atomic E-state index is 0.657. The number of hydrogen-bond donors (Lipinski definition) is 0. The van der Waals surface area contributed by atoms with Gasteiger partial charge in [-0.1, -0.05) is 13.0 Å². The third-order valence-electron chi connectivity index (χ3n) is 4.24. The number of thioether (sulfide) groups is 1. The van der Waals surface area contributed by atoms with Gasteiger partial charge in [-0.25, -0.2) is 0 Å². The second-order valence-electron chi connectivity index (χ2n) is 6.12. The number of hydrogen-bond acceptors (Lipinski definition) is 6. The highest BCUT2D eigenvalue weighted by atomic mass is 32.2. The summed E-state index contributed by atoms with van der Waals surface area (Å²) in [5, 5.41) is 5.56. The van der Waals surface area contributed by atoms with Crippen LogP contribution in [0.2, 0.25) is 0 Å². The Morgan fingerprint density at radius 2 is 2.30 bits per heavy atom. The van der Waals surface area contributed by atoms with E-state index in [0.29, 0.717) is 5.92 Å². The van der Waals surface area contributed by atoms with Gasteiger partial charge >= 0.3 is 0 Å². The van der Waals surface area contributed by atoms with Crippen LogP contribution in [0.4, 0.5) is 0 Å². The van der Waals surface area contributed by atoms with Gasteiger partial charge in [0.15, 0.2) is 0 Å². The fraction of sp³-hybridized carbons (Fsp3) is 0.529. The van der Waals surface area contributed by atoms with Crippen LogP contribution in [0.5, 0.6) is 0 Å². The fourth-order valence-electron chi connectivity index (χ4n) is 2.82. The molecule has 1 atom stereocenters. The Labute approximate surface area is 151 Å². The number of likely N-dealkylation sites (N-methyl/N-ethyl adjacent to an activating group) is 1. The molecule has 3 heterocycles. The molecule has 0 spiro atoms. The number of nitrogens with zero attached hydrogens (tertiary/aromatic N) is 3. The highest BCUT2D eigenvalue weighted by molar-refractivity contribution is 7.99. The molecule has 0 saturated heterocycles. The maximum Gasteiger partial charge on any atom is 0.138 e. The molecule has 0 fully saturated rings. The van der Waals surface area contributed by atoms with Crippen LogP contribution < -0.4 is 0 Å². The second kappa shape index (κ2) is 8.42. The van der Waals surface area contributed by atoms with Gasteiger partial charge in [0, 0.05) is 13.1 Å². The molecule has 1 unspecified atom stereocenters. The smallest absolute Gasteiger partial charge is 0.138 e. The Morgan fingerprint density at radius 1 is 1.39 bits per heavy atom. The third kappa shape index (κ3) is 4.66. The topological polar surface area (TPSA) is 29.0 Å². The van der Waals surface area contributed by atoms with Crippen LogP contribution in [-0.4, -0.2) is 39.5 Å². The normalized spacial score (nSPS) is 17.2. The van der Waals surface area contributed by atoms with Crippen molar-refractivity contribution in [1.29, 1.82) is 0 Å². The number of aromatic nitrogens is 2. The van der Waals surface area contributed by atoms with E-state index in [1.165, 1.54) is 35.7 Å². The van der Waals surface area contributed by atoms with E-state index in [1.54, 1.807) is 11.3 Å². The van der Waals surface area contributed by atoms with E-state index in [-0.39, 0.29) is 0 Å². The van der Waals surface area contributed by atoms with E-state index in [9.17, 15) is 0 Å². The Hall–Kier alpha value is -0.690. The molecule has 0 radical (unpaired) electrons. The first-order valence-electron chi connectivity index (χ1n) is 8.09. The van der Waals surface area contributed by atoms with Gasteiger partial charge in [0.2, 0.25) is 0 Å². The summed E-state index contributed by atoms with van der Waals surface area (Å²) in [6.07, 6.45) is 5.91. The predicted octanol–water partition coefficient (Wildman–Crippen LogP) is 4.99. The quantitative estimate of drug-likeness (QED) is 0.510. The molecule has 6 heteroatoms. The lowest BCUT2D eigenvalue weighted by Crippen LogP contribution is -2.25. The van der Waals surface area contributed by atoms with Crippen LogP contribution in [-0.2, 0) is 0 Å². The summed E-state index contributed by atoms with van der Waals surface area (Å²) in [4.78, 5) is 2.35. The molecule has 0 bridgehead atoms. The van der Waals surface area contributed by atoms with Crippen molar-refractivity contribution in [1.82, 2.24) is 13.6 Å². The average Bonchev–Trinajstić information content (AvgIpc) is 3.22. The zero-order chi connectivity index (χ0) is 16.1. The van der Waals surface area contributed by atoms with Crippen molar-refractivity contribution in [2.75, 3.05) is 25.9 Å². The Bertz CT molecular complexity index is 633. The van der Waals surface area contributed by atoms with Crippen molar-refractivity contribution in [2.45, 2.75) is 37.1 Å².